The molecule has 0 unspecified atom stereocenters. The molecule has 1 aromatic heterocycles. The molecule has 13 heteroatoms. The van der Waals surface area contributed by atoms with Crippen molar-refractivity contribution in [3.8, 4) is 33.9 Å². The number of hydrogen-bond acceptors (Lipinski definition) is 9. The van der Waals surface area contributed by atoms with Crippen LogP contribution in [0, 0.1) is 0 Å². The number of hydrogen-bond donors (Lipinski definition) is 4. The lowest BCUT2D eigenvalue weighted by Gasteiger charge is -2.17. The smallest absolute Gasteiger partial charge is 0.335 e. The lowest BCUT2D eigenvalue weighted by atomic mass is 10.0. The Bertz CT molecular complexity index is 2030. The summed E-state index contributed by atoms with van der Waals surface area (Å²) in [7, 11) is 7.84. The molecule has 0 aliphatic rings. The number of carbonyl (C=O) groups is 3. The van der Waals surface area contributed by atoms with Crippen molar-refractivity contribution in [3.05, 3.63) is 113 Å². The largest absolute Gasteiger partial charge is 0.478 e. The molecule has 54 heavy (non-hydrogen) atoms. The van der Waals surface area contributed by atoms with Gasteiger partial charge in [-0.05, 0) is 60.2 Å². The van der Waals surface area contributed by atoms with Gasteiger partial charge < -0.3 is 45.1 Å². The molecule has 1 heterocycles. The predicted octanol–water partition coefficient (Wildman–Crippen LogP) is 5.18. The fraction of sp³-hybridized carbons (Fsp3) is 0.268. The van der Waals surface area contributed by atoms with E-state index in [4.69, 9.17) is 20.2 Å². The van der Waals surface area contributed by atoms with Gasteiger partial charge in [-0.1, -0.05) is 36.4 Å². The van der Waals surface area contributed by atoms with Crippen LogP contribution in [0.3, 0.4) is 0 Å². The van der Waals surface area contributed by atoms with Crippen LogP contribution >= 0.6 is 0 Å². The molecular weight excluding hydrogens is 688 g/mol. The number of carboxylic acid groups (broad SMARTS) is 2. The zero-order chi connectivity index (χ0) is 38.8. The van der Waals surface area contributed by atoms with Crippen molar-refractivity contribution in [1.82, 2.24) is 14.9 Å². The van der Waals surface area contributed by atoms with Crippen molar-refractivity contribution in [3.63, 3.8) is 0 Å². The summed E-state index contributed by atoms with van der Waals surface area (Å²) in [6.45, 7) is 2.70. The Hall–Kier alpha value is -6.02. The first-order valence-corrected chi connectivity index (χ1v) is 17.5. The second kappa shape index (κ2) is 18.1. The van der Waals surface area contributed by atoms with Crippen molar-refractivity contribution in [2.75, 3.05) is 77.5 Å². The number of nitrogens with one attached hydrogen (secondary N) is 1. The molecule has 5 N–H and O–H groups in total. The van der Waals surface area contributed by atoms with E-state index in [1.54, 1.807) is 12.1 Å². The van der Waals surface area contributed by atoms with Crippen molar-refractivity contribution in [2.24, 2.45) is 5.73 Å². The van der Waals surface area contributed by atoms with Crippen LogP contribution in [-0.2, 0) is 16.0 Å². The first kappa shape index (κ1) is 39.2. The van der Waals surface area contributed by atoms with Crippen LogP contribution in [0.4, 0.5) is 11.4 Å². The Morgan fingerprint density at radius 2 is 1.22 bits per heavy atom. The van der Waals surface area contributed by atoms with E-state index in [1.165, 1.54) is 12.1 Å². The van der Waals surface area contributed by atoms with Crippen molar-refractivity contribution in [2.45, 2.75) is 6.54 Å². The molecule has 0 aliphatic heterocycles. The van der Waals surface area contributed by atoms with E-state index in [0.29, 0.717) is 62.2 Å². The van der Waals surface area contributed by atoms with E-state index in [9.17, 15) is 24.6 Å². The van der Waals surface area contributed by atoms with Gasteiger partial charge >= 0.3 is 11.9 Å². The summed E-state index contributed by atoms with van der Waals surface area (Å²) in [6, 6.07) is 27.2. The number of amides is 1. The van der Waals surface area contributed by atoms with Gasteiger partial charge in [0.25, 0.3) is 5.91 Å². The summed E-state index contributed by atoms with van der Waals surface area (Å²) in [5.74, 6) is -2.37. The lowest BCUT2D eigenvalue weighted by Crippen LogP contribution is -2.27. The van der Waals surface area contributed by atoms with Gasteiger partial charge in [0.2, 0.25) is 0 Å². The van der Waals surface area contributed by atoms with Crippen molar-refractivity contribution in [1.29, 1.82) is 0 Å². The van der Waals surface area contributed by atoms with E-state index in [1.807, 2.05) is 103 Å². The van der Waals surface area contributed by atoms with Crippen LogP contribution in [0.5, 0.6) is 0 Å². The van der Waals surface area contributed by atoms with Gasteiger partial charge in [0.05, 0.1) is 48.9 Å². The monoisotopic (exact) mass is 734 g/mol. The second-order valence-electron chi connectivity index (χ2n) is 13.0. The van der Waals surface area contributed by atoms with Crippen LogP contribution in [0.2, 0.25) is 0 Å². The number of benzene rings is 4. The third-order valence-corrected chi connectivity index (χ3v) is 8.69. The van der Waals surface area contributed by atoms with Gasteiger partial charge in [-0.2, -0.15) is 0 Å². The first-order chi connectivity index (χ1) is 26.0. The van der Waals surface area contributed by atoms with E-state index in [-0.39, 0.29) is 23.6 Å². The number of carboxylic acids is 2. The minimum Gasteiger partial charge on any atom is -0.478 e. The number of carbonyl (C=O) groups excluding carboxylic acids is 1. The fourth-order valence-corrected chi connectivity index (χ4v) is 5.85. The molecule has 0 bridgehead atoms. The Balaban J connectivity index is 1.57. The molecule has 0 atom stereocenters. The molecular formula is C41H46N6O7. The Morgan fingerprint density at radius 1 is 0.685 bits per heavy atom. The van der Waals surface area contributed by atoms with Crippen LogP contribution in [0.1, 0.15) is 36.6 Å². The lowest BCUT2D eigenvalue weighted by molar-refractivity contribution is 0.0511. The average molecular weight is 735 g/mol. The summed E-state index contributed by atoms with van der Waals surface area (Å²) < 4.78 is 12.7. The topological polar surface area (TPSA) is 172 Å². The van der Waals surface area contributed by atoms with Gasteiger partial charge in [-0.3, -0.25) is 4.79 Å². The number of aromatic nitrogens is 2. The fourth-order valence-electron chi connectivity index (χ4n) is 5.85. The maximum absolute atomic E-state index is 12.9. The van der Waals surface area contributed by atoms with Gasteiger partial charge in [0.15, 0.2) is 0 Å². The normalized spacial score (nSPS) is 11.0. The summed E-state index contributed by atoms with van der Waals surface area (Å²) in [5, 5.41) is 22.7. The highest BCUT2D eigenvalue weighted by Crippen LogP contribution is 2.38. The maximum atomic E-state index is 12.9. The van der Waals surface area contributed by atoms with Crippen LogP contribution in [0.15, 0.2) is 91.0 Å². The average Bonchev–Trinajstić information content (AvgIpc) is 3.54. The van der Waals surface area contributed by atoms with E-state index >= 15 is 0 Å². The molecule has 0 fully saturated rings. The quantitative estimate of drug-likeness (QED) is 0.0874. The highest BCUT2D eigenvalue weighted by Gasteiger charge is 2.24. The summed E-state index contributed by atoms with van der Waals surface area (Å²) in [5.41, 5.74) is 11.8. The van der Waals surface area contributed by atoms with Crippen molar-refractivity contribution < 1.29 is 34.1 Å². The summed E-state index contributed by atoms with van der Waals surface area (Å²) in [4.78, 5) is 46.4. The third-order valence-electron chi connectivity index (χ3n) is 8.69. The number of ether oxygens (including phenoxy) is 2. The Kier molecular flexibility index (Phi) is 13.2. The van der Waals surface area contributed by atoms with Gasteiger partial charge in [0, 0.05) is 81.5 Å². The highest BCUT2D eigenvalue weighted by molar-refractivity contribution is 5.96. The zero-order valence-corrected chi connectivity index (χ0v) is 30.9. The number of aromatic carboxylic acids is 2. The second-order valence-corrected chi connectivity index (χ2v) is 13.0. The van der Waals surface area contributed by atoms with Gasteiger partial charge in [-0.25, -0.2) is 14.6 Å². The molecule has 282 valence electrons. The van der Waals surface area contributed by atoms with E-state index in [0.717, 1.165) is 39.8 Å². The molecule has 0 saturated carbocycles. The predicted molar refractivity (Wildman–Crippen MR) is 210 cm³/mol. The number of imidazole rings is 1. The Morgan fingerprint density at radius 3 is 1.74 bits per heavy atom. The number of anilines is 2. The number of rotatable bonds is 18. The van der Waals surface area contributed by atoms with Gasteiger partial charge in [0.1, 0.15) is 5.82 Å². The van der Waals surface area contributed by atoms with Crippen LogP contribution in [-0.4, -0.2) is 105 Å². The minimum absolute atomic E-state index is 0.172. The molecule has 0 saturated heterocycles. The molecule has 13 nitrogen and oxygen atoms in total. The molecule has 0 radical (unpaired) electrons. The summed E-state index contributed by atoms with van der Waals surface area (Å²) in [6.07, 6.45) is 0. The zero-order valence-electron chi connectivity index (χ0n) is 30.9. The number of nitrogens with two attached hydrogens (primary N) is 1. The summed E-state index contributed by atoms with van der Waals surface area (Å²) >= 11 is 0. The maximum Gasteiger partial charge on any atom is 0.335 e. The molecule has 0 spiro atoms. The Labute approximate surface area is 314 Å². The number of nitrogens with zero attached hydrogens (tertiary/aromatic N) is 4. The molecule has 1 amide bonds. The first-order valence-electron chi connectivity index (χ1n) is 17.5. The third kappa shape index (κ3) is 9.69. The van der Waals surface area contributed by atoms with Gasteiger partial charge in [-0.15, -0.1) is 0 Å². The van der Waals surface area contributed by atoms with Crippen LogP contribution < -0.4 is 20.9 Å². The standard InChI is InChI=1S/C41H46N6O7/c1-45(2)34-13-9-28(10-14-34)36-37(29-11-15-35(16-12-29)46(3)4)47(38(44-36)31-23-32(40(49)50)25-33(24-31)41(51)52)26-27-5-7-30(8-6-27)39(48)43-18-20-54-22-21-53-19-17-42/h5-16,23-25H,17-22,26,42H2,1-4H3,(H,43,48)(H,49,50)(H,51,52). The van der Waals surface area contributed by atoms with Crippen LogP contribution in [0.25, 0.3) is 33.9 Å². The molecule has 5 aromatic rings. The minimum atomic E-state index is -1.26. The molecule has 4 aromatic carbocycles. The van der Waals surface area contributed by atoms with E-state index in [2.05, 4.69) is 5.32 Å². The highest BCUT2D eigenvalue weighted by atomic mass is 16.5. The SMILES string of the molecule is CN(C)c1ccc(-c2nc(-c3cc(C(=O)O)cc(C(=O)O)c3)n(Cc3ccc(C(=O)NCCOCCOCCN)cc3)c2-c2ccc(N(C)C)cc2)cc1. The molecule has 5 rings (SSSR count). The molecule has 0 aliphatic carbocycles. The van der Waals surface area contributed by atoms with E-state index < -0.39 is 11.9 Å². The van der Waals surface area contributed by atoms with Crippen molar-refractivity contribution >= 4 is 29.2 Å².